The van der Waals surface area contributed by atoms with Crippen LogP contribution in [0.4, 0.5) is 15.6 Å². The molecule has 1 atom stereocenters. The number of hydrogen-bond donors (Lipinski definition) is 3. The number of amides is 2. The molecule has 3 rings (SSSR count). The largest absolute Gasteiger partial charge is 0.480 e. The Kier molecular flexibility index (Phi) is 6.12. The SMILES string of the molecule is COc1ncc(-c2sc(NC(=O)N3CCC[C@H]3C(=O)O)nc2C)cc1NS(C)(=O)=O. The van der Waals surface area contributed by atoms with Gasteiger partial charge in [-0.15, -0.1) is 0 Å². The third-order valence-electron chi connectivity index (χ3n) is 4.41. The zero-order valence-electron chi connectivity index (χ0n) is 16.5. The van der Waals surface area contributed by atoms with Crippen molar-refractivity contribution < 1.29 is 27.9 Å². The first-order valence-corrected chi connectivity index (χ1v) is 11.6. The van der Waals surface area contributed by atoms with Gasteiger partial charge in [0.15, 0.2) is 5.13 Å². The number of carbonyl (C=O) groups excluding carboxylic acids is 1. The lowest BCUT2D eigenvalue weighted by Crippen LogP contribution is -2.42. The van der Waals surface area contributed by atoms with E-state index >= 15 is 0 Å². The van der Waals surface area contributed by atoms with Gasteiger partial charge < -0.3 is 14.7 Å². The number of likely N-dealkylation sites (tertiary alicyclic amines) is 1. The van der Waals surface area contributed by atoms with E-state index in [-0.39, 0.29) is 11.6 Å². The highest BCUT2D eigenvalue weighted by Crippen LogP contribution is 2.36. The molecule has 1 saturated heterocycles. The highest BCUT2D eigenvalue weighted by molar-refractivity contribution is 7.92. The average Bonchev–Trinajstić information content (AvgIpc) is 3.27. The number of aliphatic carboxylic acids is 1. The number of nitrogens with one attached hydrogen (secondary N) is 2. The number of nitrogens with zero attached hydrogens (tertiary/aromatic N) is 3. The molecule has 0 aromatic carbocycles. The van der Waals surface area contributed by atoms with Crippen LogP contribution in [0.25, 0.3) is 10.4 Å². The van der Waals surface area contributed by atoms with Gasteiger partial charge in [0.2, 0.25) is 15.9 Å². The van der Waals surface area contributed by atoms with Crippen LogP contribution in [0.1, 0.15) is 18.5 Å². The van der Waals surface area contributed by atoms with Gasteiger partial charge in [-0.3, -0.25) is 10.0 Å². The fourth-order valence-electron chi connectivity index (χ4n) is 3.16. The van der Waals surface area contributed by atoms with Crippen LogP contribution >= 0.6 is 11.3 Å². The van der Waals surface area contributed by atoms with E-state index in [1.807, 2.05) is 0 Å². The maximum atomic E-state index is 12.5. The number of carboxylic acids is 1. The molecule has 13 heteroatoms. The molecule has 0 aliphatic carbocycles. The number of urea groups is 1. The minimum absolute atomic E-state index is 0.119. The van der Waals surface area contributed by atoms with Gasteiger partial charge in [-0.2, -0.15) is 0 Å². The number of aryl methyl sites for hydroxylation is 1. The van der Waals surface area contributed by atoms with Gasteiger partial charge in [-0.1, -0.05) is 11.3 Å². The predicted octanol–water partition coefficient (Wildman–Crippen LogP) is 1.97. The Labute approximate surface area is 177 Å². The topological polar surface area (TPSA) is 151 Å². The van der Waals surface area contributed by atoms with Crippen LogP contribution in [0.15, 0.2) is 12.3 Å². The molecule has 1 aliphatic rings. The third kappa shape index (κ3) is 4.79. The summed E-state index contributed by atoms with van der Waals surface area (Å²) in [4.78, 5) is 34.2. The Balaban J connectivity index is 1.85. The van der Waals surface area contributed by atoms with Crippen molar-refractivity contribution in [1.29, 1.82) is 0 Å². The molecular formula is C17H21N5O6S2. The molecule has 30 heavy (non-hydrogen) atoms. The van der Waals surface area contributed by atoms with Crippen molar-refractivity contribution >= 4 is 44.2 Å². The van der Waals surface area contributed by atoms with Crippen LogP contribution in [0.3, 0.4) is 0 Å². The van der Waals surface area contributed by atoms with Gasteiger partial charge >= 0.3 is 12.0 Å². The first kappa shape index (κ1) is 21.8. The molecule has 0 spiro atoms. The quantitative estimate of drug-likeness (QED) is 0.598. The molecule has 11 nitrogen and oxygen atoms in total. The molecule has 0 saturated carbocycles. The number of anilines is 2. The van der Waals surface area contributed by atoms with E-state index in [1.165, 1.54) is 29.5 Å². The van der Waals surface area contributed by atoms with E-state index < -0.39 is 28.1 Å². The zero-order chi connectivity index (χ0) is 22.1. The molecule has 0 unspecified atom stereocenters. The Hall–Kier alpha value is -2.93. The standard InChI is InChI=1S/C17H21N5O6S2/c1-9-13(10-7-11(21-30(3,26)27)14(28-2)18-8-10)29-16(19-9)20-17(25)22-6-4-5-12(22)15(23)24/h7-8,12,21H,4-6H2,1-3H3,(H,23,24)(H,19,20,25)/t12-/m0/s1. The van der Waals surface area contributed by atoms with Gasteiger partial charge in [0.25, 0.3) is 0 Å². The lowest BCUT2D eigenvalue weighted by Gasteiger charge is -2.20. The number of pyridine rings is 1. The van der Waals surface area contributed by atoms with Crippen molar-refractivity contribution in [2.24, 2.45) is 0 Å². The molecule has 2 aromatic heterocycles. The maximum Gasteiger partial charge on any atom is 0.326 e. The van der Waals surface area contributed by atoms with Gasteiger partial charge in [0.1, 0.15) is 11.7 Å². The summed E-state index contributed by atoms with van der Waals surface area (Å²) in [6.45, 7) is 2.11. The molecule has 1 aliphatic heterocycles. The second-order valence-corrected chi connectivity index (χ2v) is 9.46. The van der Waals surface area contributed by atoms with E-state index in [4.69, 9.17) is 4.74 Å². The summed E-state index contributed by atoms with van der Waals surface area (Å²) in [6.07, 6.45) is 3.57. The number of rotatable bonds is 6. The highest BCUT2D eigenvalue weighted by Gasteiger charge is 2.34. The molecule has 3 N–H and O–H groups in total. The smallest absolute Gasteiger partial charge is 0.326 e. The number of hydrogen-bond acceptors (Lipinski definition) is 8. The molecule has 2 aromatic rings. The van der Waals surface area contributed by atoms with Gasteiger partial charge in [-0.25, -0.2) is 28.0 Å². The number of carbonyl (C=O) groups is 2. The van der Waals surface area contributed by atoms with E-state index in [1.54, 1.807) is 13.0 Å². The summed E-state index contributed by atoms with van der Waals surface area (Å²) >= 11 is 1.17. The van der Waals surface area contributed by atoms with Crippen molar-refractivity contribution in [1.82, 2.24) is 14.9 Å². The second kappa shape index (κ2) is 8.44. The van der Waals surface area contributed by atoms with Crippen molar-refractivity contribution in [3.8, 4) is 16.3 Å². The molecule has 1 fully saturated rings. The number of thiazole rings is 1. The Morgan fingerprint density at radius 1 is 1.40 bits per heavy atom. The second-order valence-electron chi connectivity index (χ2n) is 6.71. The van der Waals surface area contributed by atoms with E-state index in [2.05, 4.69) is 20.0 Å². The first-order valence-electron chi connectivity index (χ1n) is 8.89. The Morgan fingerprint density at radius 2 is 2.13 bits per heavy atom. The fraction of sp³-hybridized carbons (Fsp3) is 0.412. The first-order chi connectivity index (χ1) is 14.1. The molecule has 3 heterocycles. The molecule has 162 valence electrons. The van der Waals surface area contributed by atoms with E-state index in [0.29, 0.717) is 40.7 Å². The van der Waals surface area contributed by atoms with Crippen molar-refractivity contribution in [3.63, 3.8) is 0 Å². The summed E-state index contributed by atoms with van der Waals surface area (Å²) in [5.74, 6) is -0.914. The zero-order valence-corrected chi connectivity index (χ0v) is 18.1. The predicted molar refractivity (Wildman–Crippen MR) is 111 cm³/mol. The minimum atomic E-state index is -3.54. The van der Waals surface area contributed by atoms with E-state index in [9.17, 15) is 23.1 Å². The summed E-state index contributed by atoms with van der Waals surface area (Å²) in [6, 6.07) is 0.202. The van der Waals surface area contributed by atoms with E-state index in [0.717, 1.165) is 6.26 Å². The van der Waals surface area contributed by atoms with Crippen LogP contribution in [0.5, 0.6) is 5.88 Å². The van der Waals surface area contributed by atoms with Crippen LogP contribution in [0, 0.1) is 6.92 Å². The van der Waals surface area contributed by atoms with Crippen LogP contribution in [-0.4, -0.2) is 66.3 Å². The van der Waals surface area contributed by atoms with Gasteiger partial charge in [0, 0.05) is 18.3 Å². The summed E-state index contributed by atoms with van der Waals surface area (Å²) < 4.78 is 30.7. The summed E-state index contributed by atoms with van der Waals surface area (Å²) in [7, 11) is -2.17. The molecule has 2 amide bonds. The number of methoxy groups -OCH3 is 1. The van der Waals surface area contributed by atoms with Crippen LogP contribution in [-0.2, 0) is 14.8 Å². The molecule has 0 radical (unpaired) electrons. The number of carboxylic acid groups (broad SMARTS) is 1. The van der Waals surface area contributed by atoms with Crippen molar-refractivity contribution in [2.75, 3.05) is 29.9 Å². The number of ether oxygens (including phenoxy) is 1. The number of aromatic nitrogens is 2. The molecule has 0 bridgehead atoms. The van der Waals surface area contributed by atoms with Crippen LogP contribution in [0.2, 0.25) is 0 Å². The van der Waals surface area contributed by atoms with Gasteiger partial charge in [-0.05, 0) is 25.8 Å². The Bertz CT molecular complexity index is 1080. The highest BCUT2D eigenvalue weighted by atomic mass is 32.2. The monoisotopic (exact) mass is 455 g/mol. The third-order valence-corrected chi connectivity index (χ3v) is 6.12. The van der Waals surface area contributed by atoms with Crippen molar-refractivity contribution in [3.05, 3.63) is 18.0 Å². The molecular weight excluding hydrogens is 434 g/mol. The normalized spacial score (nSPS) is 16.4. The minimum Gasteiger partial charge on any atom is -0.480 e. The Morgan fingerprint density at radius 3 is 2.77 bits per heavy atom. The lowest BCUT2D eigenvalue weighted by atomic mass is 10.2. The summed E-state index contributed by atoms with van der Waals surface area (Å²) in [5.41, 5.74) is 1.36. The van der Waals surface area contributed by atoms with Crippen LogP contribution < -0.4 is 14.8 Å². The lowest BCUT2D eigenvalue weighted by molar-refractivity contribution is -0.141. The average molecular weight is 456 g/mol. The van der Waals surface area contributed by atoms with Crippen molar-refractivity contribution in [2.45, 2.75) is 25.8 Å². The maximum absolute atomic E-state index is 12.5. The van der Waals surface area contributed by atoms with Gasteiger partial charge in [0.05, 0.1) is 23.9 Å². The summed E-state index contributed by atoms with van der Waals surface area (Å²) in [5, 5.41) is 12.2. The fourth-order valence-corrected chi connectivity index (χ4v) is 4.64. The number of sulfonamides is 1.